The smallest absolute Gasteiger partial charge is 0.242 e. The molecule has 0 saturated carbocycles. The molecule has 0 bridgehead atoms. The minimum atomic E-state index is -0.565. The third kappa shape index (κ3) is 7.10. The molecule has 0 heterocycles. The number of carbonyl (C=O) groups excluding carboxylic acids is 2. The summed E-state index contributed by atoms with van der Waals surface area (Å²) in [6.07, 6.45) is 0. The molecule has 0 aliphatic heterocycles. The van der Waals surface area contributed by atoms with Crippen LogP contribution in [0.15, 0.2) is 48.5 Å². The molecule has 1 N–H and O–H groups in total. The number of ether oxygens (including phenoxy) is 1. The van der Waals surface area contributed by atoms with E-state index in [-0.39, 0.29) is 17.9 Å². The van der Waals surface area contributed by atoms with E-state index in [0.29, 0.717) is 12.3 Å². The van der Waals surface area contributed by atoms with Crippen molar-refractivity contribution in [2.24, 2.45) is 0 Å². The Morgan fingerprint density at radius 2 is 1.83 bits per heavy atom. The zero-order valence-corrected chi connectivity index (χ0v) is 19.3. The number of amides is 2. The molecule has 0 spiro atoms. The Labute approximate surface area is 184 Å². The Morgan fingerprint density at radius 3 is 2.50 bits per heavy atom. The molecule has 5 nitrogen and oxygen atoms in total. The van der Waals surface area contributed by atoms with Crippen LogP contribution in [0.3, 0.4) is 0 Å². The number of hydrogen-bond donors (Lipinski definition) is 1. The highest BCUT2D eigenvalue weighted by Gasteiger charge is 2.26. The molecule has 0 aliphatic carbocycles. The van der Waals surface area contributed by atoms with Crippen LogP contribution in [0.1, 0.15) is 37.5 Å². The first-order chi connectivity index (χ1) is 14.3. The summed E-state index contributed by atoms with van der Waals surface area (Å²) < 4.78 is 5.30. The van der Waals surface area contributed by atoms with Crippen LogP contribution in [-0.4, -0.2) is 41.7 Å². The van der Waals surface area contributed by atoms with Gasteiger partial charge in [0.1, 0.15) is 11.8 Å². The quantitative estimate of drug-likeness (QED) is 0.617. The van der Waals surface area contributed by atoms with Crippen LogP contribution < -0.4 is 10.1 Å². The molecule has 0 aromatic heterocycles. The lowest BCUT2D eigenvalue weighted by Crippen LogP contribution is -2.49. The fraction of sp³-hybridized carbons (Fsp3) is 0.417. The topological polar surface area (TPSA) is 58.6 Å². The zero-order valence-electron chi connectivity index (χ0n) is 18.5. The molecular weight excluding hydrogens is 396 g/mol. The molecule has 0 fully saturated rings. The van der Waals surface area contributed by atoms with Crippen LogP contribution >= 0.6 is 11.8 Å². The zero-order chi connectivity index (χ0) is 22.1. The van der Waals surface area contributed by atoms with Gasteiger partial charge in [-0.15, -0.1) is 11.8 Å². The van der Waals surface area contributed by atoms with E-state index in [1.165, 1.54) is 11.1 Å². The van der Waals surface area contributed by atoms with Crippen molar-refractivity contribution in [1.29, 1.82) is 0 Å². The standard InChI is InChI=1S/C24H32N2O3S/c1-17(2)25-24(28)19(4)26(14-20-10-8-12-22(13-20)29-5)23(27)16-30-15-21-11-7-6-9-18(21)3/h6-13,17,19H,14-16H2,1-5H3,(H,25,28). The summed E-state index contributed by atoms with van der Waals surface area (Å²) in [5.74, 6) is 1.61. The lowest BCUT2D eigenvalue weighted by atomic mass is 10.1. The fourth-order valence-electron chi connectivity index (χ4n) is 3.06. The summed E-state index contributed by atoms with van der Waals surface area (Å²) in [6, 6.07) is 15.2. The number of thioether (sulfide) groups is 1. The maximum absolute atomic E-state index is 13.1. The number of benzene rings is 2. The average Bonchev–Trinajstić information content (AvgIpc) is 2.72. The van der Waals surface area contributed by atoms with Gasteiger partial charge in [0.2, 0.25) is 11.8 Å². The fourth-order valence-corrected chi connectivity index (χ4v) is 4.04. The molecule has 2 rings (SSSR count). The van der Waals surface area contributed by atoms with Crippen LogP contribution in [0.4, 0.5) is 0 Å². The van der Waals surface area contributed by atoms with Crippen molar-refractivity contribution < 1.29 is 14.3 Å². The van der Waals surface area contributed by atoms with Crippen LogP contribution in [0.5, 0.6) is 5.75 Å². The van der Waals surface area contributed by atoms with Gasteiger partial charge in [0.05, 0.1) is 12.9 Å². The van der Waals surface area contributed by atoms with Crippen molar-refractivity contribution in [1.82, 2.24) is 10.2 Å². The highest BCUT2D eigenvalue weighted by Crippen LogP contribution is 2.19. The van der Waals surface area contributed by atoms with Gasteiger partial charge in [-0.25, -0.2) is 0 Å². The summed E-state index contributed by atoms with van der Waals surface area (Å²) in [5.41, 5.74) is 3.37. The van der Waals surface area contributed by atoms with Gasteiger partial charge in [-0.2, -0.15) is 0 Å². The van der Waals surface area contributed by atoms with E-state index in [1.54, 1.807) is 30.7 Å². The van der Waals surface area contributed by atoms with E-state index in [9.17, 15) is 9.59 Å². The first-order valence-corrected chi connectivity index (χ1v) is 11.3. The van der Waals surface area contributed by atoms with Gasteiger partial charge in [-0.3, -0.25) is 9.59 Å². The number of aryl methyl sites for hydroxylation is 1. The van der Waals surface area contributed by atoms with Gasteiger partial charge in [-0.1, -0.05) is 36.4 Å². The molecule has 0 aliphatic rings. The Bertz CT molecular complexity index is 854. The van der Waals surface area contributed by atoms with Crippen molar-refractivity contribution >= 4 is 23.6 Å². The first-order valence-electron chi connectivity index (χ1n) is 10.2. The van der Waals surface area contributed by atoms with E-state index in [4.69, 9.17) is 4.74 Å². The summed E-state index contributed by atoms with van der Waals surface area (Å²) >= 11 is 1.57. The molecule has 1 atom stereocenters. The molecule has 30 heavy (non-hydrogen) atoms. The lowest BCUT2D eigenvalue weighted by molar-refractivity contribution is -0.138. The summed E-state index contributed by atoms with van der Waals surface area (Å²) in [7, 11) is 1.61. The summed E-state index contributed by atoms with van der Waals surface area (Å²) in [4.78, 5) is 27.4. The molecule has 0 saturated heterocycles. The van der Waals surface area contributed by atoms with Crippen molar-refractivity contribution in [3.8, 4) is 5.75 Å². The van der Waals surface area contributed by atoms with Gasteiger partial charge < -0.3 is 15.0 Å². The summed E-state index contributed by atoms with van der Waals surface area (Å²) in [5, 5.41) is 2.91. The van der Waals surface area contributed by atoms with Crippen molar-refractivity contribution in [3.63, 3.8) is 0 Å². The monoisotopic (exact) mass is 428 g/mol. The number of nitrogens with zero attached hydrogens (tertiary/aromatic N) is 1. The third-order valence-corrected chi connectivity index (χ3v) is 5.80. The predicted molar refractivity (Wildman–Crippen MR) is 124 cm³/mol. The van der Waals surface area contributed by atoms with Crippen LogP contribution in [0.25, 0.3) is 0 Å². The highest BCUT2D eigenvalue weighted by molar-refractivity contribution is 7.99. The number of methoxy groups -OCH3 is 1. The molecule has 1 unspecified atom stereocenters. The molecule has 2 aromatic rings. The average molecular weight is 429 g/mol. The minimum absolute atomic E-state index is 0.0177. The second kappa shape index (κ2) is 11.6. The number of carbonyl (C=O) groups is 2. The van der Waals surface area contributed by atoms with Crippen molar-refractivity contribution in [2.45, 2.75) is 52.1 Å². The maximum Gasteiger partial charge on any atom is 0.242 e. The Hall–Kier alpha value is -2.47. The van der Waals surface area contributed by atoms with E-state index in [1.807, 2.05) is 50.2 Å². The Balaban J connectivity index is 2.11. The number of rotatable bonds is 10. The molecule has 2 amide bonds. The van der Waals surface area contributed by atoms with E-state index in [0.717, 1.165) is 17.1 Å². The van der Waals surface area contributed by atoms with Crippen LogP contribution in [0, 0.1) is 6.92 Å². The highest BCUT2D eigenvalue weighted by atomic mass is 32.2. The van der Waals surface area contributed by atoms with Gasteiger partial charge in [0.25, 0.3) is 0 Å². The third-order valence-electron chi connectivity index (χ3n) is 4.83. The molecular formula is C24H32N2O3S. The molecule has 162 valence electrons. The largest absolute Gasteiger partial charge is 0.497 e. The molecule has 0 radical (unpaired) electrons. The van der Waals surface area contributed by atoms with Crippen LogP contribution in [0.2, 0.25) is 0 Å². The molecule has 2 aromatic carbocycles. The second-order valence-corrected chi connectivity index (χ2v) is 8.62. The van der Waals surface area contributed by atoms with Gasteiger partial charge in [0.15, 0.2) is 0 Å². The van der Waals surface area contributed by atoms with Crippen LogP contribution in [-0.2, 0) is 21.9 Å². The van der Waals surface area contributed by atoms with Gasteiger partial charge in [-0.05, 0) is 56.5 Å². The lowest BCUT2D eigenvalue weighted by Gasteiger charge is -2.29. The predicted octanol–water partition coefficient (Wildman–Crippen LogP) is 4.18. The number of hydrogen-bond acceptors (Lipinski definition) is 4. The van der Waals surface area contributed by atoms with E-state index in [2.05, 4.69) is 24.4 Å². The van der Waals surface area contributed by atoms with E-state index < -0.39 is 6.04 Å². The normalized spacial score (nSPS) is 11.8. The first kappa shape index (κ1) is 23.8. The second-order valence-electron chi connectivity index (χ2n) is 7.63. The Morgan fingerprint density at radius 1 is 1.10 bits per heavy atom. The summed E-state index contributed by atoms with van der Waals surface area (Å²) in [6.45, 7) is 8.04. The SMILES string of the molecule is COc1cccc(CN(C(=O)CSCc2ccccc2C)C(C)C(=O)NC(C)C)c1. The van der Waals surface area contributed by atoms with Gasteiger partial charge in [0, 0.05) is 18.3 Å². The number of nitrogens with one attached hydrogen (secondary N) is 1. The Kier molecular flexibility index (Phi) is 9.24. The minimum Gasteiger partial charge on any atom is -0.497 e. The van der Waals surface area contributed by atoms with Crippen molar-refractivity contribution in [2.75, 3.05) is 12.9 Å². The van der Waals surface area contributed by atoms with Crippen molar-refractivity contribution in [3.05, 3.63) is 65.2 Å². The molecule has 6 heteroatoms. The maximum atomic E-state index is 13.1. The van der Waals surface area contributed by atoms with Gasteiger partial charge >= 0.3 is 0 Å². The van der Waals surface area contributed by atoms with E-state index >= 15 is 0 Å².